The van der Waals surface area contributed by atoms with Gasteiger partial charge in [-0.15, -0.1) is 0 Å². The molecule has 0 aliphatic rings. The zero-order valence-electron chi connectivity index (χ0n) is 13.8. The van der Waals surface area contributed by atoms with Crippen LogP contribution in [0.5, 0.6) is 0 Å². The first-order valence-corrected chi connectivity index (χ1v) is 9.41. The fraction of sp³-hybridized carbons (Fsp3) is 0.125. The van der Waals surface area contributed by atoms with Gasteiger partial charge in [0, 0.05) is 24.7 Å². The van der Waals surface area contributed by atoms with Crippen molar-refractivity contribution in [1.29, 1.82) is 0 Å². The number of benzene rings is 2. The van der Waals surface area contributed by atoms with Gasteiger partial charge in [-0.05, 0) is 42.5 Å². The van der Waals surface area contributed by atoms with Crippen molar-refractivity contribution in [2.45, 2.75) is 4.90 Å². The molecular weight excluding hydrogens is 401 g/mol. The molecule has 0 radical (unpaired) electrons. The van der Waals surface area contributed by atoms with Crippen molar-refractivity contribution in [2.24, 2.45) is 0 Å². The fourth-order valence-electron chi connectivity index (χ4n) is 1.90. The van der Waals surface area contributed by atoms with Gasteiger partial charge in [0.1, 0.15) is 0 Å². The smallest absolute Gasteiger partial charge is 0.267 e. The van der Waals surface area contributed by atoms with Crippen molar-refractivity contribution in [3.8, 4) is 0 Å². The number of amides is 2. The molecule has 0 bridgehead atoms. The Kier molecular flexibility index (Phi) is 6.25. The molecule has 2 aromatic carbocycles. The van der Waals surface area contributed by atoms with Crippen LogP contribution < -0.4 is 10.9 Å². The lowest BCUT2D eigenvalue weighted by Gasteiger charge is -2.13. The van der Waals surface area contributed by atoms with Gasteiger partial charge in [-0.2, -0.15) is 0 Å². The predicted molar refractivity (Wildman–Crippen MR) is 98.7 cm³/mol. The Balaban J connectivity index is 2.17. The molecule has 10 heteroatoms. The highest BCUT2D eigenvalue weighted by Crippen LogP contribution is 2.22. The van der Waals surface area contributed by atoms with E-state index < -0.39 is 21.8 Å². The van der Waals surface area contributed by atoms with Gasteiger partial charge in [-0.1, -0.05) is 23.2 Å². The number of halogens is 2. The number of hydrazine groups is 1. The highest BCUT2D eigenvalue weighted by atomic mass is 35.5. The zero-order valence-corrected chi connectivity index (χ0v) is 16.1. The summed E-state index contributed by atoms with van der Waals surface area (Å²) in [6.45, 7) is 0. The number of sulfonamides is 1. The molecule has 26 heavy (non-hydrogen) atoms. The second-order valence-electron chi connectivity index (χ2n) is 5.34. The number of nitrogens with zero attached hydrogens (tertiary/aromatic N) is 1. The van der Waals surface area contributed by atoms with Crippen LogP contribution in [-0.4, -0.2) is 38.6 Å². The minimum atomic E-state index is -3.73. The Morgan fingerprint density at radius 2 is 1.50 bits per heavy atom. The van der Waals surface area contributed by atoms with Gasteiger partial charge < -0.3 is 0 Å². The lowest BCUT2D eigenvalue weighted by Crippen LogP contribution is -2.41. The standard InChI is InChI=1S/C16H15Cl2N3O4S/c1-21(2)26(24,25)12-7-8-14(18)13(9-12)16(23)20-19-15(22)10-3-5-11(17)6-4-10/h3-9H,1-2H3,(H,19,22)(H,20,23). The lowest BCUT2D eigenvalue weighted by molar-refractivity contribution is 0.0846. The van der Waals surface area contributed by atoms with Crippen molar-refractivity contribution in [2.75, 3.05) is 14.1 Å². The van der Waals surface area contributed by atoms with Crippen LogP contribution in [0.4, 0.5) is 0 Å². The third kappa shape index (κ3) is 4.53. The molecule has 2 N–H and O–H groups in total. The summed E-state index contributed by atoms with van der Waals surface area (Å²) < 4.78 is 25.3. The molecule has 0 saturated heterocycles. The topological polar surface area (TPSA) is 95.6 Å². The van der Waals surface area contributed by atoms with Crippen LogP contribution in [0.1, 0.15) is 20.7 Å². The molecule has 7 nitrogen and oxygen atoms in total. The number of carbonyl (C=O) groups is 2. The molecule has 0 atom stereocenters. The molecule has 0 aliphatic heterocycles. The molecule has 0 heterocycles. The first-order valence-electron chi connectivity index (χ1n) is 7.21. The van der Waals surface area contributed by atoms with E-state index in [9.17, 15) is 18.0 Å². The maximum atomic E-state index is 12.3. The van der Waals surface area contributed by atoms with Crippen molar-refractivity contribution < 1.29 is 18.0 Å². The molecule has 0 aliphatic carbocycles. The van der Waals surface area contributed by atoms with Gasteiger partial charge in [0.15, 0.2) is 0 Å². The van der Waals surface area contributed by atoms with Crippen molar-refractivity contribution >= 4 is 45.0 Å². The van der Waals surface area contributed by atoms with Crippen molar-refractivity contribution in [3.05, 3.63) is 63.6 Å². The number of hydrogen-bond donors (Lipinski definition) is 2. The molecule has 0 saturated carbocycles. The third-order valence-corrected chi connectivity index (χ3v) is 5.75. The second kappa shape index (κ2) is 8.05. The van der Waals surface area contributed by atoms with Crippen LogP contribution in [0.3, 0.4) is 0 Å². The van der Waals surface area contributed by atoms with Gasteiger partial charge >= 0.3 is 0 Å². The Labute approximate surface area is 160 Å². The highest BCUT2D eigenvalue weighted by Gasteiger charge is 2.21. The van der Waals surface area contributed by atoms with Crippen LogP contribution in [0, 0.1) is 0 Å². The van der Waals surface area contributed by atoms with Gasteiger partial charge in [-0.3, -0.25) is 20.4 Å². The summed E-state index contributed by atoms with van der Waals surface area (Å²) in [5.41, 5.74) is 4.61. The number of rotatable bonds is 4. The Morgan fingerprint density at radius 1 is 0.923 bits per heavy atom. The summed E-state index contributed by atoms with van der Waals surface area (Å²) in [6, 6.07) is 9.77. The maximum absolute atomic E-state index is 12.3. The van der Waals surface area contributed by atoms with Crippen LogP contribution in [0.15, 0.2) is 47.4 Å². The summed E-state index contributed by atoms with van der Waals surface area (Å²) in [5.74, 6) is -1.32. The van der Waals surface area contributed by atoms with E-state index in [1.54, 1.807) is 0 Å². The van der Waals surface area contributed by atoms with Gasteiger partial charge in [-0.25, -0.2) is 12.7 Å². The summed E-state index contributed by atoms with van der Waals surface area (Å²) in [4.78, 5) is 24.2. The number of nitrogens with one attached hydrogen (secondary N) is 2. The zero-order chi connectivity index (χ0) is 19.5. The minimum Gasteiger partial charge on any atom is -0.267 e. The molecule has 0 spiro atoms. The minimum absolute atomic E-state index is 0.0425. The van der Waals surface area contributed by atoms with E-state index in [0.29, 0.717) is 5.02 Å². The van der Waals surface area contributed by atoms with Crippen molar-refractivity contribution in [3.63, 3.8) is 0 Å². The van der Waals surface area contributed by atoms with E-state index in [4.69, 9.17) is 23.2 Å². The summed E-state index contributed by atoms with van der Waals surface area (Å²) >= 11 is 11.7. The van der Waals surface area contributed by atoms with E-state index in [1.807, 2.05) is 0 Å². The maximum Gasteiger partial charge on any atom is 0.271 e. The van der Waals surface area contributed by atoms with E-state index in [-0.39, 0.29) is 21.0 Å². The fourth-order valence-corrected chi connectivity index (χ4v) is 3.16. The largest absolute Gasteiger partial charge is 0.271 e. The first kappa shape index (κ1) is 20.2. The lowest BCUT2D eigenvalue weighted by atomic mass is 10.2. The summed E-state index contributed by atoms with van der Waals surface area (Å²) in [5, 5.41) is 0.511. The average Bonchev–Trinajstić information content (AvgIpc) is 2.60. The van der Waals surface area contributed by atoms with E-state index in [2.05, 4.69) is 10.9 Å². The molecule has 0 unspecified atom stereocenters. The Bertz CT molecular complexity index is 944. The SMILES string of the molecule is CN(C)S(=O)(=O)c1ccc(Cl)c(C(=O)NNC(=O)c2ccc(Cl)cc2)c1. The number of carbonyl (C=O) groups excluding carboxylic acids is 2. The highest BCUT2D eigenvalue weighted by molar-refractivity contribution is 7.89. The predicted octanol–water partition coefficient (Wildman–Crippen LogP) is 2.32. The number of hydrogen-bond acceptors (Lipinski definition) is 4. The van der Waals surface area contributed by atoms with Gasteiger partial charge in [0.2, 0.25) is 10.0 Å². The van der Waals surface area contributed by atoms with E-state index >= 15 is 0 Å². The van der Waals surface area contributed by atoms with Crippen LogP contribution in [-0.2, 0) is 10.0 Å². The molecule has 2 aromatic rings. The average molecular weight is 416 g/mol. The molecular formula is C16H15Cl2N3O4S. The molecule has 0 fully saturated rings. The first-order chi connectivity index (χ1) is 12.1. The molecule has 2 rings (SSSR count). The third-order valence-electron chi connectivity index (χ3n) is 3.36. The van der Waals surface area contributed by atoms with Crippen LogP contribution in [0.2, 0.25) is 10.0 Å². The summed E-state index contributed by atoms with van der Waals surface area (Å²) in [6.07, 6.45) is 0. The van der Waals surface area contributed by atoms with E-state index in [0.717, 1.165) is 10.4 Å². The Hall–Kier alpha value is -2.13. The summed E-state index contributed by atoms with van der Waals surface area (Å²) in [7, 11) is -0.991. The van der Waals surface area contributed by atoms with Gasteiger partial charge in [0.25, 0.3) is 11.8 Å². The van der Waals surface area contributed by atoms with E-state index in [1.165, 1.54) is 50.5 Å². The quantitative estimate of drug-likeness (QED) is 0.748. The molecule has 2 amide bonds. The van der Waals surface area contributed by atoms with Gasteiger partial charge in [0.05, 0.1) is 15.5 Å². The normalized spacial score (nSPS) is 11.3. The second-order valence-corrected chi connectivity index (χ2v) is 8.34. The molecule has 0 aromatic heterocycles. The van der Waals surface area contributed by atoms with Crippen LogP contribution >= 0.6 is 23.2 Å². The Morgan fingerprint density at radius 3 is 2.08 bits per heavy atom. The monoisotopic (exact) mass is 415 g/mol. The molecule has 138 valence electrons. The van der Waals surface area contributed by atoms with Crippen molar-refractivity contribution in [1.82, 2.24) is 15.2 Å². The van der Waals surface area contributed by atoms with Crippen LogP contribution in [0.25, 0.3) is 0 Å².